The van der Waals surface area contributed by atoms with E-state index in [0.717, 1.165) is 9.35 Å². The van der Waals surface area contributed by atoms with E-state index in [-0.39, 0.29) is 29.2 Å². The minimum Gasteiger partial charge on any atom is -0.466 e. The molecular formula is C14H16N6O5S2. The summed E-state index contributed by atoms with van der Waals surface area (Å²) >= 11 is 2.85. The van der Waals surface area contributed by atoms with Gasteiger partial charge in [-0.25, -0.2) is 4.63 Å². The van der Waals surface area contributed by atoms with Gasteiger partial charge in [0.25, 0.3) is 0 Å². The number of esters is 1. The molecule has 13 heteroatoms. The van der Waals surface area contributed by atoms with Gasteiger partial charge < -0.3 is 10.1 Å². The van der Waals surface area contributed by atoms with E-state index in [0.29, 0.717) is 30.8 Å². The highest BCUT2D eigenvalue weighted by Gasteiger charge is 2.39. The predicted octanol–water partition coefficient (Wildman–Crippen LogP) is 1.95. The normalized spacial score (nSPS) is 16.1. The van der Waals surface area contributed by atoms with Crippen LogP contribution in [0.3, 0.4) is 0 Å². The molecule has 1 aliphatic rings. The van der Waals surface area contributed by atoms with Gasteiger partial charge in [0.05, 0.1) is 22.5 Å². The highest BCUT2D eigenvalue weighted by molar-refractivity contribution is 8.01. The summed E-state index contributed by atoms with van der Waals surface area (Å²) in [4.78, 5) is 21.9. The highest BCUT2D eigenvalue weighted by atomic mass is 32.2. The van der Waals surface area contributed by atoms with Gasteiger partial charge in [0.15, 0.2) is 4.34 Å². The van der Waals surface area contributed by atoms with Crippen molar-refractivity contribution in [2.24, 2.45) is 0 Å². The largest absolute Gasteiger partial charge is 0.466 e. The molecule has 2 aromatic heterocycles. The first kappa shape index (κ1) is 19.2. The number of nitrogens with one attached hydrogen (secondary N) is 1. The molecule has 1 atom stereocenters. The Hall–Kier alpha value is -2.54. The number of allylic oxidation sites excluding steroid dienone is 1. The number of carbonyl (C=O) groups is 1. The van der Waals surface area contributed by atoms with Crippen molar-refractivity contribution in [1.82, 2.24) is 25.8 Å². The number of rotatable bonds is 8. The molecule has 0 saturated carbocycles. The van der Waals surface area contributed by atoms with Crippen molar-refractivity contribution in [2.45, 2.75) is 36.3 Å². The molecule has 0 aliphatic heterocycles. The fourth-order valence-corrected chi connectivity index (χ4v) is 4.68. The number of carbonyl (C=O) groups excluding carboxylic acids is 1. The third-order valence-electron chi connectivity index (χ3n) is 3.62. The lowest BCUT2D eigenvalue weighted by molar-refractivity contribution is -0.377. The van der Waals surface area contributed by atoms with Crippen molar-refractivity contribution < 1.29 is 19.1 Å². The molecule has 0 bridgehead atoms. The number of ether oxygens (including phenoxy) is 1. The fraction of sp³-hybridized carbons (Fsp3) is 0.500. The van der Waals surface area contributed by atoms with E-state index in [1.54, 1.807) is 0 Å². The monoisotopic (exact) mass is 412 g/mol. The van der Waals surface area contributed by atoms with Gasteiger partial charge in [-0.15, -0.1) is 10.2 Å². The molecule has 144 valence electrons. The standard InChI is InChI=1S/C14H16N6O5S2/c1-7-16-17-14(26-7)27-10-6-9(15-4-3-5-24-8(2)21)13(20(22)23)12-11(10)18-25-19-12/h10,15H,3-6H2,1-2H3. The summed E-state index contributed by atoms with van der Waals surface area (Å²) in [5.41, 5.74) is 0.825. The first-order chi connectivity index (χ1) is 13.0. The molecule has 27 heavy (non-hydrogen) atoms. The fourth-order valence-electron chi connectivity index (χ4n) is 2.52. The third kappa shape index (κ3) is 4.60. The lowest BCUT2D eigenvalue weighted by atomic mass is 10.0. The summed E-state index contributed by atoms with van der Waals surface area (Å²) in [6, 6.07) is 0. The summed E-state index contributed by atoms with van der Waals surface area (Å²) in [6.45, 7) is 3.84. The van der Waals surface area contributed by atoms with Gasteiger partial charge in [-0.1, -0.05) is 28.3 Å². The van der Waals surface area contributed by atoms with Crippen molar-refractivity contribution >= 4 is 34.8 Å². The number of hydrogen-bond acceptors (Lipinski definition) is 12. The Morgan fingerprint density at radius 2 is 2.30 bits per heavy atom. The van der Waals surface area contributed by atoms with Crippen LogP contribution in [-0.4, -0.2) is 44.6 Å². The van der Waals surface area contributed by atoms with Crippen molar-refractivity contribution in [2.75, 3.05) is 13.2 Å². The van der Waals surface area contributed by atoms with E-state index in [4.69, 9.17) is 9.37 Å². The topological polar surface area (TPSA) is 146 Å². The Kier molecular flexibility index (Phi) is 6.01. The Labute approximate surface area is 161 Å². The average molecular weight is 412 g/mol. The third-order valence-corrected chi connectivity index (χ3v) is 5.75. The van der Waals surface area contributed by atoms with E-state index in [2.05, 4.69) is 25.8 Å². The van der Waals surface area contributed by atoms with Crippen LogP contribution in [0.25, 0.3) is 5.70 Å². The zero-order chi connectivity index (χ0) is 19.4. The molecule has 11 nitrogen and oxygen atoms in total. The summed E-state index contributed by atoms with van der Waals surface area (Å²) in [5, 5.41) is 30.9. The van der Waals surface area contributed by atoms with E-state index in [1.165, 1.54) is 30.0 Å². The molecule has 1 N–H and O–H groups in total. The Morgan fingerprint density at radius 1 is 1.48 bits per heavy atom. The number of hydrogen-bond donors (Lipinski definition) is 1. The molecule has 2 aromatic rings. The van der Waals surface area contributed by atoms with Crippen LogP contribution in [0.4, 0.5) is 0 Å². The van der Waals surface area contributed by atoms with Crippen molar-refractivity contribution in [3.8, 4) is 0 Å². The lowest BCUT2D eigenvalue weighted by Gasteiger charge is -2.20. The van der Waals surface area contributed by atoms with Crippen molar-refractivity contribution in [3.05, 3.63) is 32.2 Å². The molecule has 0 radical (unpaired) electrons. The van der Waals surface area contributed by atoms with E-state index in [1.807, 2.05) is 6.92 Å². The zero-order valence-corrected chi connectivity index (χ0v) is 16.1. The predicted molar refractivity (Wildman–Crippen MR) is 95.3 cm³/mol. The molecule has 3 rings (SSSR count). The van der Waals surface area contributed by atoms with E-state index >= 15 is 0 Å². The van der Waals surface area contributed by atoms with Crippen LogP contribution in [-0.2, 0) is 9.53 Å². The lowest BCUT2D eigenvalue weighted by Crippen LogP contribution is -2.25. The number of fused-ring (bicyclic) bond motifs is 1. The number of aryl methyl sites for hydroxylation is 1. The quantitative estimate of drug-likeness (QED) is 0.294. The van der Waals surface area contributed by atoms with E-state index < -0.39 is 4.92 Å². The molecule has 0 amide bonds. The van der Waals surface area contributed by atoms with Crippen LogP contribution in [0.2, 0.25) is 0 Å². The van der Waals surface area contributed by atoms with Crippen molar-refractivity contribution in [1.29, 1.82) is 0 Å². The molecule has 0 saturated heterocycles. The maximum Gasteiger partial charge on any atom is 0.319 e. The SMILES string of the molecule is CC(=O)OCCCNC1=C([N+](=O)[O-])c2nonc2C(Sc2nnc(C)s2)C1. The number of nitro groups is 1. The zero-order valence-electron chi connectivity index (χ0n) is 14.5. The van der Waals surface area contributed by atoms with Gasteiger partial charge >= 0.3 is 11.7 Å². The van der Waals surface area contributed by atoms with Gasteiger partial charge in [-0.3, -0.25) is 14.9 Å². The van der Waals surface area contributed by atoms with Crippen LogP contribution in [0.1, 0.15) is 41.4 Å². The first-order valence-corrected chi connectivity index (χ1v) is 9.69. The van der Waals surface area contributed by atoms with Gasteiger partial charge in [0.2, 0.25) is 5.69 Å². The second-order valence-electron chi connectivity index (χ2n) is 5.60. The van der Waals surface area contributed by atoms with E-state index in [9.17, 15) is 14.9 Å². The summed E-state index contributed by atoms with van der Waals surface area (Å²) in [5.74, 6) is -0.361. The average Bonchev–Trinajstić information content (AvgIpc) is 3.23. The number of thioether (sulfide) groups is 1. The van der Waals surface area contributed by atoms with Crippen LogP contribution in [0.5, 0.6) is 0 Å². The molecule has 1 aliphatic carbocycles. The van der Waals surface area contributed by atoms with Crippen LogP contribution in [0.15, 0.2) is 14.7 Å². The second-order valence-corrected chi connectivity index (χ2v) is 8.23. The molecule has 0 fully saturated rings. The first-order valence-electron chi connectivity index (χ1n) is 8.00. The molecule has 2 heterocycles. The van der Waals surface area contributed by atoms with Gasteiger partial charge in [0.1, 0.15) is 10.7 Å². The van der Waals surface area contributed by atoms with Crippen LogP contribution >= 0.6 is 23.1 Å². The number of nitrogens with zero attached hydrogens (tertiary/aromatic N) is 5. The van der Waals surface area contributed by atoms with Crippen LogP contribution in [0, 0.1) is 17.0 Å². The molecule has 0 aromatic carbocycles. The minimum atomic E-state index is -0.493. The Bertz CT molecular complexity index is 879. The Balaban J connectivity index is 1.77. The van der Waals surface area contributed by atoms with Crippen molar-refractivity contribution in [3.63, 3.8) is 0 Å². The number of aromatic nitrogens is 4. The summed E-state index contributed by atoms with van der Waals surface area (Å²) < 4.78 is 10.4. The maximum absolute atomic E-state index is 11.6. The molecule has 0 spiro atoms. The van der Waals surface area contributed by atoms with Crippen LogP contribution < -0.4 is 5.32 Å². The molecule has 1 unspecified atom stereocenters. The maximum atomic E-state index is 11.6. The summed E-state index contributed by atoms with van der Waals surface area (Å²) in [7, 11) is 0. The smallest absolute Gasteiger partial charge is 0.319 e. The summed E-state index contributed by atoms with van der Waals surface area (Å²) in [6.07, 6.45) is 0.861. The second kappa shape index (κ2) is 8.43. The van der Waals surface area contributed by atoms with Gasteiger partial charge in [-0.05, 0) is 18.5 Å². The minimum absolute atomic E-state index is 0.118. The van der Waals surface area contributed by atoms with Gasteiger partial charge in [0, 0.05) is 19.9 Å². The molecular weight excluding hydrogens is 396 g/mol. The Morgan fingerprint density at radius 3 is 2.96 bits per heavy atom. The highest BCUT2D eigenvalue weighted by Crippen LogP contribution is 2.45. The van der Waals surface area contributed by atoms with Gasteiger partial charge in [-0.2, -0.15) is 0 Å².